The molecule has 17 N–H and O–H groups in total. The fourth-order valence-corrected chi connectivity index (χ4v) is 1.60. The number of nitrogens with zero attached hydrogens (tertiary/aromatic N) is 1. The third kappa shape index (κ3) is 24.1. The highest BCUT2D eigenvalue weighted by Gasteiger charge is 2.21. The summed E-state index contributed by atoms with van der Waals surface area (Å²) in [5, 5.41) is 32.6. The van der Waals surface area contributed by atoms with Crippen LogP contribution in [-0.4, -0.2) is 103 Å². The van der Waals surface area contributed by atoms with Crippen LogP contribution >= 0.6 is 0 Å². The van der Waals surface area contributed by atoms with Crippen LogP contribution in [0.3, 0.4) is 0 Å². The van der Waals surface area contributed by atoms with Crippen molar-refractivity contribution in [3.63, 3.8) is 0 Å². The van der Waals surface area contributed by atoms with Crippen LogP contribution in [0.25, 0.3) is 0 Å². The summed E-state index contributed by atoms with van der Waals surface area (Å²) in [6.45, 7) is 2.43. The molecule has 19 nitrogen and oxygen atoms in total. The Morgan fingerprint density at radius 1 is 0.949 bits per heavy atom. The van der Waals surface area contributed by atoms with Gasteiger partial charge >= 0.3 is 29.8 Å². The summed E-state index contributed by atoms with van der Waals surface area (Å²) in [6, 6.07) is -3.95. The maximum absolute atomic E-state index is 11.1. The van der Waals surface area contributed by atoms with Gasteiger partial charge in [-0.05, 0) is 20.3 Å². The number of aliphatic hydroxyl groups excluding tert-OH is 1. The molecular formula is C20H38N8O11. The second kappa shape index (κ2) is 22.0. The number of carboxylic acids is 3. The van der Waals surface area contributed by atoms with Gasteiger partial charge in [0, 0.05) is 19.0 Å². The van der Waals surface area contributed by atoms with E-state index in [-0.39, 0.29) is 25.8 Å². The van der Waals surface area contributed by atoms with E-state index in [0.29, 0.717) is 5.69 Å². The summed E-state index contributed by atoms with van der Waals surface area (Å²) in [6.07, 6.45) is 2.40. The van der Waals surface area contributed by atoms with Crippen molar-refractivity contribution in [3.05, 3.63) is 18.2 Å². The lowest BCUT2D eigenvalue weighted by molar-refractivity contribution is -0.161. The molecule has 19 heteroatoms. The number of rotatable bonds is 11. The lowest BCUT2D eigenvalue weighted by Gasteiger charge is -2.10. The van der Waals surface area contributed by atoms with Gasteiger partial charge < -0.3 is 64.5 Å². The average molecular weight is 567 g/mol. The molecule has 1 rings (SSSR count). The maximum atomic E-state index is 11.1. The molecule has 1 heterocycles. The number of nitrogens with two attached hydrogens (primary N) is 6. The minimum absolute atomic E-state index is 0.0391. The van der Waals surface area contributed by atoms with E-state index in [1.54, 1.807) is 6.20 Å². The van der Waals surface area contributed by atoms with Gasteiger partial charge in [0.25, 0.3) is 0 Å². The highest BCUT2D eigenvalue weighted by molar-refractivity contribution is 5.90. The highest BCUT2D eigenvalue weighted by Crippen LogP contribution is 1.98. The summed E-state index contributed by atoms with van der Waals surface area (Å²) in [7, 11) is 0. The molecule has 1 aromatic rings. The molecular weight excluding hydrogens is 528 g/mol. The highest BCUT2D eigenvalue weighted by atomic mass is 16.6. The molecule has 0 fully saturated rings. The molecule has 0 aliphatic heterocycles. The minimum Gasteiger partial charge on any atom is -0.480 e. The standard InChI is InChI=1S/C8H15N3O4.C6H9N3O2.C4H9NO3.C2H5NO2/c1-4(9)7(13)15-8(14)5(10)2-3-6(11)12;7-5(6(10)11)1-4-2-8-3-9-4;1-2(6)3(5)4(7)8;3-1-2(4)5/h4-5H,2-3,9-10H2,1H3,(H2,11,12);2-3,5H,1,7H2,(H,8,9)(H,10,11);2-3,6H,5H2,1H3,(H,7,8);1,3H2,(H,4,5)/t4-,5-;5-;2-,3+;/m001./s1. The van der Waals surface area contributed by atoms with Crippen LogP contribution in [0, 0.1) is 0 Å². The zero-order valence-electron chi connectivity index (χ0n) is 21.4. The van der Waals surface area contributed by atoms with Gasteiger partial charge in [-0.25, -0.2) is 14.6 Å². The first-order valence-corrected chi connectivity index (χ1v) is 11.0. The number of ether oxygens (including phenoxy) is 1. The van der Waals surface area contributed by atoms with Crippen molar-refractivity contribution in [1.82, 2.24) is 9.97 Å². The summed E-state index contributed by atoms with van der Waals surface area (Å²) in [4.78, 5) is 68.3. The van der Waals surface area contributed by atoms with Gasteiger partial charge in [0.15, 0.2) is 0 Å². The SMILES string of the molecule is C[C@@H](O)[C@H](N)C(=O)O.C[C@H](N)C(=O)OC(=O)[C@@H](N)CCC(N)=O.NCC(=O)O.N[C@@H](Cc1c[nH]cn1)C(=O)O. The quantitative estimate of drug-likeness (QED) is 0.0882. The summed E-state index contributed by atoms with van der Waals surface area (Å²) in [5.41, 5.74) is 30.8. The molecule has 0 aromatic carbocycles. The Labute approximate surface area is 222 Å². The Bertz CT molecular complexity index is 894. The maximum Gasteiger partial charge on any atom is 0.330 e. The van der Waals surface area contributed by atoms with E-state index in [4.69, 9.17) is 49.1 Å². The van der Waals surface area contributed by atoms with Crippen molar-refractivity contribution in [2.45, 2.75) is 63.4 Å². The van der Waals surface area contributed by atoms with Gasteiger partial charge in [-0.3, -0.25) is 19.2 Å². The summed E-state index contributed by atoms with van der Waals surface area (Å²) in [5.74, 6) is -5.48. The number of aliphatic hydroxyl groups is 1. The van der Waals surface area contributed by atoms with Crippen molar-refractivity contribution in [1.29, 1.82) is 0 Å². The third-order valence-corrected chi connectivity index (χ3v) is 3.86. The number of esters is 2. The van der Waals surface area contributed by atoms with E-state index < -0.39 is 66.0 Å². The molecule has 0 saturated heterocycles. The average Bonchev–Trinajstić information content (AvgIpc) is 3.35. The molecule has 0 spiro atoms. The summed E-state index contributed by atoms with van der Waals surface area (Å²) >= 11 is 0. The van der Waals surface area contributed by atoms with Gasteiger partial charge in [-0.2, -0.15) is 0 Å². The molecule has 0 saturated carbocycles. The van der Waals surface area contributed by atoms with Crippen LogP contribution in [0.4, 0.5) is 0 Å². The number of carboxylic acid groups (broad SMARTS) is 3. The molecule has 0 aliphatic carbocycles. The van der Waals surface area contributed by atoms with Gasteiger partial charge in [0.1, 0.15) is 24.2 Å². The topological polar surface area (TPSA) is 377 Å². The molecule has 1 aromatic heterocycles. The minimum atomic E-state index is -1.18. The van der Waals surface area contributed by atoms with Crippen LogP contribution in [-0.2, 0) is 39.9 Å². The number of imidazole rings is 1. The van der Waals surface area contributed by atoms with Gasteiger partial charge in [0.05, 0.1) is 24.7 Å². The van der Waals surface area contributed by atoms with Crippen molar-refractivity contribution in [2.75, 3.05) is 6.54 Å². The third-order valence-electron chi connectivity index (χ3n) is 3.86. The number of aromatic nitrogens is 2. The second-order valence-electron chi connectivity index (χ2n) is 7.55. The Morgan fingerprint density at radius 3 is 1.74 bits per heavy atom. The fraction of sp³-hybridized carbons (Fsp3) is 0.550. The van der Waals surface area contributed by atoms with Crippen LogP contribution in [0.1, 0.15) is 32.4 Å². The predicted molar refractivity (Wildman–Crippen MR) is 133 cm³/mol. The smallest absolute Gasteiger partial charge is 0.330 e. The number of hydrogen-bond acceptors (Lipinski definition) is 14. The first-order valence-electron chi connectivity index (χ1n) is 11.0. The van der Waals surface area contributed by atoms with Crippen LogP contribution in [0.15, 0.2) is 12.5 Å². The van der Waals surface area contributed by atoms with Crippen LogP contribution in [0.2, 0.25) is 0 Å². The van der Waals surface area contributed by atoms with E-state index in [0.717, 1.165) is 0 Å². The van der Waals surface area contributed by atoms with E-state index in [9.17, 15) is 28.8 Å². The molecule has 0 radical (unpaired) electrons. The number of nitrogens with one attached hydrogen (secondary N) is 1. The lowest BCUT2D eigenvalue weighted by Crippen LogP contribution is -2.39. The van der Waals surface area contributed by atoms with Crippen molar-refractivity contribution >= 4 is 35.8 Å². The monoisotopic (exact) mass is 566 g/mol. The number of carbonyl (C=O) groups is 6. The fourth-order valence-electron chi connectivity index (χ4n) is 1.60. The zero-order valence-corrected chi connectivity index (χ0v) is 21.4. The van der Waals surface area contributed by atoms with Crippen LogP contribution in [0.5, 0.6) is 0 Å². The van der Waals surface area contributed by atoms with E-state index in [1.807, 2.05) is 0 Å². The van der Waals surface area contributed by atoms with Gasteiger partial charge in [-0.15, -0.1) is 0 Å². The molecule has 1 amide bonds. The molecule has 0 aliphatic rings. The van der Waals surface area contributed by atoms with E-state index >= 15 is 0 Å². The Hall–Kier alpha value is -4.01. The lowest BCUT2D eigenvalue weighted by atomic mass is 10.1. The van der Waals surface area contributed by atoms with Gasteiger partial charge in [0.2, 0.25) is 5.91 Å². The Kier molecular flexibility index (Phi) is 22.3. The van der Waals surface area contributed by atoms with Crippen molar-refractivity contribution < 1.29 is 53.9 Å². The number of hydrogen-bond donors (Lipinski definition) is 11. The first kappa shape index (κ1) is 39.5. The predicted octanol–water partition coefficient (Wildman–Crippen LogP) is -4.83. The van der Waals surface area contributed by atoms with Gasteiger partial charge in [-0.1, -0.05) is 0 Å². The number of primary amides is 1. The molecule has 5 atom stereocenters. The number of aromatic amines is 1. The second-order valence-corrected chi connectivity index (χ2v) is 7.55. The normalized spacial score (nSPS) is 13.5. The van der Waals surface area contributed by atoms with E-state index in [2.05, 4.69) is 20.4 Å². The van der Waals surface area contributed by atoms with E-state index in [1.165, 1.54) is 20.2 Å². The molecule has 39 heavy (non-hydrogen) atoms. The number of carbonyl (C=O) groups excluding carboxylic acids is 3. The molecule has 0 unspecified atom stereocenters. The number of aliphatic carboxylic acids is 3. The van der Waals surface area contributed by atoms with Crippen molar-refractivity contribution in [2.24, 2.45) is 34.4 Å². The number of amides is 1. The van der Waals surface area contributed by atoms with Crippen molar-refractivity contribution in [3.8, 4) is 0 Å². The Morgan fingerprint density at radius 2 is 1.46 bits per heavy atom. The Balaban J connectivity index is -0.000000475. The largest absolute Gasteiger partial charge is 0.480 e. The zero-order chi connectivity index (χ0) is 31.3. The summed E-state index contributed by atoms with van der Waals surface area (Å²) < 4.78 is 4.33. The van der Waals surface area contributed by atoms with Crippen LogP contribution < -0.4 is 34.4 Å². The molecule has 0 bridgehead atoms. The molecule has 224 valence electrons. The number of H-pyrrole nitrogens is 1. The first-order chi connectivity index (χ1) is 17.9.